The number of aliphatic hydroxyl groups excluding tert-OH is 1. The van der Waals surface area contributed by atoms with Crippen LogP contribution in [0.2, 0.25) is 0 Å². The van der Waals surface area contributed by atoms with Crippen LogP contribution in [0.3, 0.4) is 0 Å². The summed E-state index contributed by atoms with van der Waals surface area (Å²) in [6.07, 6.45) is -3.10. The van der Waals surface area contributed by atoms with E-state index in [9.17, 15) is 20.0 Å². The molecule has 2 heterocycles. The molecule has 2 aliphatic heterocycles. The Morgan fingerprint density at radius 2 is 2.00 bits per heavy atom. The van der Waals surface area contributed by atoms with Gasteiger partial charge in [-0.2, -0.15) is 0 Å². The lowest BCUT2D eigenvalue weighted by atomic mass is 10.1. The fraction of sp³-hybridized carbons (Fsp3) is 0.533. The standard InChI is InChI=1S/C15H17NO8/c1-15(2)23-12-11(17)10(22-14(12)24-15)7-21-13(18)8-3-5-9(6-4-8)16(19)20/h3-6,10-12,14,17H,7H2,1-2H3/t10-,11+,12-,14-/m1/s1. The van der Waals surface area contributed by atoms with Gasteiger partial charge in [0.05, 0.1) is 10.5 Å². The highest BCUT2D eigenvalue weighted by atomic mass is 16.8. The first-order chi connectivity index (χ1) is 11.3. The molecule has 2 aliphatic rings. The second-order valence-corrected chi connectivity index (χ2v) is 6.04. The quantitative estimate of drug-likeness (QED) is 0.490. The van der Waals surface area contributed by atoms with Crippen LogP contribution in [0.5, 0.6) is 0 Å². The van der Waals surface area contributed by atoms with Crippen LogP contribution in [-0.4, -0.2) is 53.0 Å². The number of non-ortho nitro benzene ring substituents is 1. The summed E-state index contributed by atoms with van der Waals surface area (Å²) in [5, 5.41) is 20.8. The number of hydrogen-bond acceptors (Lipinski definition) is 8. The second-order valence-electron chi connectivity index (χ2n) is 6.04. The third kappa shape index (κ3) is 3.24. The number of nitro benzene ring substituents is 1. The predicted molar refractivity (Wildman–Crippen MR) is 78.1 cm³/mol. The summed E-state index contributed by atoms with van der Waals surface area (Å²) >= 11 is 0. The zero-order valence-electron chi connectivity index (χ0n) is 13.1. The Labute approximate surface area is 137 Å². The Morgan fingerprint density at radius 3 is 2.58 bits per heavy atom. The van der Waals surface area contributed by atoms with Crippen LogP contribution in [0.15, 0.2) is 24.3 Å². The van der Waals surface area contributed by atoms with Crippen molar-refractivity contribution in [2.75, 3.05) is 6.61 Å². The van der Waals surface area contributed by atoms with Crippen molar-refractivity contribution in [1.29, 1.82) is 0 Å². The number of carbonyl (C=O) groups is 1. The van der Waals surface area contributed by atoms with Crippen LogP contribution in [0.4, 0.5) is 5.69 Å². The maximum Gasteiger partial charge on any atom is 0.338 e. The number of aliphatic hydroxyl groups is 1. The lowest BCUT2D eigenvalue weighted by Crippen LogP contribution is -2.37. The molecule has 2 saturated heterocycles. The SMILES string of the molecule is CC1(C)O[C@H]2O[C@H](COC(=O)c3ccc([N+](=O)[O-])cc3)[C@H](O)[C@H]2O1. The van der Waals surface area contributed by atoms with Crippen molar-refractivity contribution in [2.45, 2.75) is 44.2 Å². The molecule has 4 atom stereocenters. The molecule has 24 heavy (non-hydrogen) atoms. The molecule has 9 heteroatoms. The average molecular weight is 339 g/mol. The summed E-state index contributed by atoms with van der Waals surface area (Å²) in [6.45, 7) is 3.24. The van der Waals surface area contributed by atoms with E-state index >= 15 is 0 Å². The maximum absolute atomic E-state index is 11.9. The molecule has 3 rings (SSSR count). The fourth-order valence-corrected chi connectivity index (χ4v) is 2.66. The first kappa shape index (κ1) is 16.8. The predicted octanol–water partition coefficient (Wildman–Crippen LogP) is 0.989. The molecule has 0 amide bonds. The number of rotatable bonds is 4. The summed E-state index contributed by atoms with van der Waals surface area (Å²) in [7, 11) is 0. The maximum atomic E-state index is 11.9. The van der Waals surface area contributed by atoms with Crippen LogP contribution in [0.25, 0.3) is 0 Å². The normalized spacial score (nSPS) is 30.8. The molecule has 0 saturated carbocycles. The van der Waals surface area contributed by atoms with Gasteiger partial charge in [-0.05, 0) is 26.0 Å². The lowest BCUT2D eigenvalue weighted by Gasteiger charge is -2.22. The van der Waals surface area contributed by atoms with Gasteiger partial charge in [-0.3, -0.25) is 10.1 Å². The minimum absolute atomic E-state index is 0.120. The highest BCUT2D eigenvalue weighted by Gasteiger charge is 2.54. The zero-order chi connectivity index (χ0) is 17.5. The van der Waals surface area contributed by atoms with Gasteiger partial charge in [0.1, 0.15) is 24.9 Å². The van der Waals surface area contributed by atoms with Crippen molar-refractivity contribution < 1.29 is 33.8 Å². The smallest absolute Gasteiger partial charge is 0.338 e. The number of benzene rings is 1. The molecule has 130 valence electrons. The third-order valence-electron chi connectivity index (χ3n) is 3.81. The number of hydrogen-bond donors (Lipinski definition) is 1. The van der Waals surface area contributed by atoms with Crippen molar-refractivity contribution in [3.05, 3.63) is 39.9 Å². The molecule has 1 N–H and O–H groups in total. The monoisotopic (exact) mass is 339 g/mol. The van der Waals surface area contributed by atoms with E-state index in [1.54, 1.807) is 13.8 Å². The van der Waals surface area contributed by atoms with Gasteiger partial charge in [0.25, 0.3) is 5.69 Å². The number of ether oxygens (including phenoxy) is 4. The molecule has 0 radical (unpaired) electrons. The van der Waals surface area contributed by atoms with Gasteiger partial charge in [-0.15, -0.1) is 0 Å². The molecule has 0 aromatic heterocycles. The van der Waals surface area contributed by atoms with Gasteiger partial charge >= 0.3 is 5.97 Å². The number of nitrogens with zero attached hydrogens (tertiary/aromatic N) is 1. The lowest BCUT2D eigenvalue weighted by molar-refractivity contribution is -0.384. The third-order valence-corrected chi connectivity index (χ3v) is 3.81. The Hall–Kier alpha value is -2.07. The zero-order valence-corrected chi connectivity index (χ0v) is 13.1. The minimum atomic E-state index is -0.985. The van der Waals surface area contributed by atoms with Crippen molar-refractivity contribution in [1.82, 2.24) is 0 Å². The Balaban J connectivity index is 1.55. The van der Waals surface area contributed by atoms with Gasteiger partial charge in [0, 0.05) is 12.1 Å². The van der Waals surface area contributed by atoms with Crippen molar-refractivity contribution in [2.24, 2.45) is 0 Å². The Bertz CT molecular complexity index is 643. The number of esters is 1. The molecule has 9 nitrogen and oxygen atoms in total. The molecule has 1 aromatic carbocycles. The second kappa shape index (κ2) is 6.10. The highest BCUT2D eigenvalue weighted by Crippen LogP contribution is 2.37. The van der Waals surface area contributed by atoms with E-state index in [0.717, 1.165) is 0 Å². The average Bonchev–Trinajstić information content (AvgIpc) is 2.98. The number of carbonyl (C=O) groups excluding carboxylic acids is 1. The molecule has 0 bridgehead atoms. The van der Waals surface area contributed by atoms with Gasteiger partial charge in [0.2, 0.25) is 0 Å². The number of nitro groups is 1. The van der Waals surface area contributed by atoms with Gasteiger partial charge in [-0.1, -0.05) is 0 Å². The van der Waals surface area contributed by atoms with Crippen LogP contribution >= 0.6 is 0 Å². The van der Waals surface area contributed by atoms with E-state index in [4.69, 9.17) is 18.9 Å². The Morgan fingerprint density at radius 1 is 1.33 bits per heavy atom. The van der Waals surface area contributed by atoms with Crippen LogP contribution in [0, 0.1) is 10.1 Å². The van der Waals surface area contributed by atoms with Crippen molar-refractivity contribution in [3.63, 3.8) is 0 Å². The molecule has 2 fully saturated rings. The van der Waals surface area contributed by atoms with E-state index in [1.807, 2.05) is 0 Å². The topological polar surface area (TPSA) is 117 Å². The fourth-order valence-electron chi connectivity index (χ4n) is 2.66. The molecule has 0 unspecified atom stereocenters. The van der Waals surface area contributed by atoms with Gasteiger partial charge < -0.3 is 24.1 Å². The van der Waals surface area contributed by atoms with Gasteiger partial charge in [0.15, 0.2) is 12.1 Å². The molecular weight excluding hydrogens is 322 g/mol. The Kier molecular flexibility index (Phi) is 4.26. The van der Waals surface area contributed by atoms with Crippen LogP contribution in [-0.2, 0) is 18.9 Å². The first-order valence-corrected chi connectivity index (χ1v) is 7.37. The minimum Gasteiger partial charge on any atom is -0.459 e. The van der Waals surface area contributed by atoms with E-state index in [1.165, 1.54) is 24.3 Å². The molecule has 0 spiro atoms. The molecule has 0 aliphatic carbocycles. The first-order valence-electron chi connectivity index (χ1n) is 7.37. The highest BCUT2D eigenvalue weighted by molar-refractivity contribution is 5.89. The van der Waals surface area contributed by atoms with Crippen LogP contribution < -0.4 is 0 Å². The summed E-state index contributed by atoms with van der Waals surface area (Å²) in [5.41, 5.74) is 0.0488. The van der Waals surface area contributed by atoms with E-state index in [0.29, 0.717) is 0 Å². The largest absolute Gasteiger partial charge is 0.459 e. The molecular formula is C15H17NO8. The summed E-state index contributed by atoms with van der Waals surface area (Å²) in [6, 6.07) is 5.03. The van der Waals surface area contributed by atoms with E-state index in [2.05, 4.69) is 0 Å². The number of fused-ring (bicyclic) bond motifs is 1. The van der Waals surface area contributed by atoms with E-state index < -0.39 is 41.3 Å². The van der Waals surface area contributed by atoms with Crippen LogP contribution in [0.1, 0.15) is 24.2 Å². The van der Waals surface area contributed by atoms with Crippen molar-refractivity contribution >= 4 is 11.7 Å². The molecule has 1 aromatic rings. The summed E-state index contributed by atoms with van der Waals surface area (Å²) in [5.74, 6) is -1.50. The van der Waals surface area contributed by atoms with Gasteiger partial charge in [-0.25, -0.2) is 4.79 Å². The summed E-state index contributed by atoms with van der Waals surface area (Å²) < 4.78 is 21.6. The van der Waals surface area contributed by atoms with Crippen molar-refractivity contribution in [3.8, 4) is 0 Å². The summed E-state index contributed by atoms with van der Waals surface area (Å²) in [4.78, 5) is 22.0. The van der Waals surface area contributed by atoms with E-state index in [-0.39, 0.29) is 17.9 Å².